The van der Waals surface area contributed by atoms with Gasteiger partial charge in [0.25, 0.3) is 5.56 Å². The number of likely N-dealkylation sites (tertiary alicyclic amines) is 2. The number of anilines is 1. The van der Waals surface area contributed by atoms with Crippen LogP contribution in [0, 0.1) is 5.92 Å². The van der Waals surface area contributed by atoms with Crippen molar-refractivity contribution in [2.45, 2.75) is 43.9 Å². The Bertz CT molecular complexity index is 827. The van der Waals surface area contributed by atoms with E-state index in [4.69, 9.17) is 11.5 Å². The van der Waals surface area contributed by atoms with Gasteiger partial charge in [-0.2, -0.15) is 0 Å². The third kappa shape index (κ3) is 3.04. The van der Waals surface area contributed by atoms with Gasteiger partial charge in [-0.25, -0.2) is 9.78 Å². The van der Waals surface area contributed by atoms with E-state index in [0.717, 1.165) is 43.4 Å². The lowest BCUT2D eigenvalue weighted by atomic mass is 9.76. The summed E-state index contributed by atoms with van der Waals surface area (Å²) in [5.74, 6) is 0.0902. The summed E-state index contributed by atoms with van der Waals surface area (Å²) in [6.07, 6.45) is 4.75. The average molecular weight is 374 g/mol. The van der Waals surface area contributed by atoms with E-state index in [1.165, 1.54) is 0 Å². The number of nitrogens with two attached hydrogens (primary N) is 2. The second-order valence-electron chi connectivity index (χ2n) is 8.01. The molecule has 3 aliphatic rings. The van der Waals surface area contributed by atoms with Gasteiger partial charge in [-0.3, -0.25) is 14.6 Å². The second kappa shape index (κ2) is 6.54. The summed E-state index contributed by atoms with van der Waals surface area (Å²) in [5.41, 5.74) is 12.4. The number of nitrogens with one attached hydrogen (secondary N) is 1. The van der Waals surface area contributed by atoms with E-state index in [2.05, 4.69) is 9.97 Å². The minimum absolute atomic E-state index is 0.104. The number of nitrogens with zero attached hydrogens (tertiary/aromatic N) is 3. The molecule has 0 radical (unpaired) electrons. The van der Waals surface area contributed by atoms with Crippen molar-refractivity contribution in [3.05, 3.63) is 21.6 Å². The lowest BCUT2D eigenvalue weighted by Gasteiger charge is -2.41. The molecule has 9 nitrogen and oxygen atoms in total. The van der Waals surface area contributed by atoms with E-state index >= 15 is 0 Å². The van der Waals surface area contributed by atoms with Gasteiger partial charge in [0.2, 0.25) is 11.9 Å². The highest BCUT2D eigenvalue weighted by atomic mass is 16.2. The predicted molar refractivity (Wildman–Crippen MR) is 99.0 cm³/mol. The van der Waals surface area contributed by atoms with Crippen LogP contribution in [0.25, 0.3) is 0 Å². The quantitative estimate of drug-likeness (QED) is 0.632. The number of hydrogen-bond donors (Lipinski definition) is 3. The van der Waals surface area contributed by atoms with E-state index in [-0.39, 0.29) is 28.7 Å². The third-order valence-corrected chi connectivity index (χ3v) is 6.50. The number of hydrogen-bond acceptors (Lipinski definition) is 5. The van der Waals surface area contributed by atoms with Crippen molar-refractivity contribution in [2.24, 2.45) is 11.7 Å². The van der Waals surface area contributed by atoms with Gasteiger partial charge in [-0.05, 0) is 38.5 Å². The highest BCUT2D eigenvalue weighted by molar-refractivity contribution is 5.80. The predicted octanol–water partition coefficient (Wildman–Crippen LogP) is -0.0508. The van der Waals surface area contributed by atoms with Gasteiger partial charge in [-0.15, -0.1) is 0 Å². The lowest BCUT2D eigenvalue weighted by molar-refractivity contribution is -0.138. The van der Waals surface area contributed by atoms with Gasteiger partial charge in [0.1, 0.15) is 0 Å². The molecule has 4 rings (SSSR count). The smallest absolute Gasteiger partial charge is 0.314 e. The first-order chi connectivity index (χ1) is 12.9. The SMILES string of the molecule is NC(=O)N1CCCC(C(=O)N2CCC3(CCc4c3nc(N)[nH]c4=O)CC2)C1. The molecular formula is C18H26N6O3. The highest BCUT2D eigenvalue weighted by Gasteiger charge is 2.45. The Morgan fingerprint density at radius 3 is 2.59 bits per heavy atom. The first-order valence-corrected chi connectivity index (χ1v) is 9.62. The number of nitrogen functional groups attached to an aromatic ring is 1. The van der Waals surface area contributed by atoms with E-state index in [1.807, 2.05) is 4.90 Å². The molecule has 5 N–H and O–H groups in total. The van der Waals surface area contributed by atoms with Crippen molar-refractivity contribution in [1.82, 2.24) is 19.8 Å². The van der Waals surface area contributed by atoms with Crippen molar-refractivity contribution in [3.8, 4) is 0 Å². The van der Waals surface area contributed by atoms with Crippen LogP contribution in [0.5, 0.6) is 0 Å². The molecule has 27 heavy (non-hydrogen) atoms. The summed E-state index contributed by atoms with van der Waals surface area (Å²) < 4.78 is 0. The summed E-state index contributed by atoms with van der Waals surface area (Å²) >= 11 is 0. The Balaban J connectivity index is 1.45. The number of fused-ring (bicyclic) bond motifs is 2. The fraction of sp³-hybridized carbons (Fsp3) is 0.667. The number of H-pyrrole nitrogens is 1. The molecule has 1 atom stereocenters. The van der Waals surface area contributed by atoms with E-state index < -0.39 is 6.03 Å². The van der Waals surface area contributed by atoms with Crippen molar-refractivity contribution in [3.63, 3.8) is 0 Å². The number of amides is 3. The Hall–Kier alpha value is -2.58. The topological polar surface area (TPSA) is 138 Å². The summed E-state index contributed by atoms with van der Waals surface area (Å²) in [6.45, 7) is 2.31. The van der Waals surface area contributed by atoms with Gasteiger partial charge < -0.3 is 21.3 Å². The average Bonchev–Trinajstić information content (AvgIpc) is 3.00. The van der Waals surface area contributed by atoms with E-state index in [0.29, 0.717) is 32.6 Å². The Kier molecular flexibility index (Phi) is 4.32. The number of piperidine rings is 2. The molecule has 2 aliphatic heterocycles. The maximum atomic E-state index is 12.9. The van der Waals surface area contributed by atoms with Crippen molar-refractivity contribution >= 4 is 17.9 Å². The highest BCUT2D eigenvalue weighted by Crippen LogP contribution is 2.44. The van der Waals surface area contributed by atoms with Crippen LogP contribution < -0.4 is 17.0 Å². The molecule has 0 aromatic carbocycles. The zero-order valence-electron chi connectivity index (χ0n) is 15.4. The molecule has 0 saturated carbocycles. The minimum atomic E-state index is -0.457. The number of rotatable bonds is 1. The molecule has 1 spiro atoms. The molecule has 1 aliphatic carbocycles. The van der Waals surface area contributed by atoms with Crippen molar-refractivity contribution < 1.29 is 9.59 Å². The lowest BCUT2D eigenvalue weighted by Crippen LogP contribution is -2.51. The van der Waals surface area contributed by atoms with Crippen LogP contribution in [0.1, 0.15) is 43.4 Å². The molecule has 9 heteroatoms. The second-order valence-corrected chi connectivity index (χ2v) is 8.01. The fourth-order valence-electron chi connectivity index (χ4n) is 4.95. The molecule has 3 amide bonds. The Labute approximate surface area is 157 Å². The minimum Gasteiger partial charge on any atom is -0.369 e. The molecular weight excluding hydrogens is 348 g/mol. The van der Waals surface area contributed by atoms with Crippen LogP contribution >= 0.6 is 0 Å². The zero-order chi connectivity index (χ0) is 19.2. The van der Waals surface area contributed by atoms with Crippen LogP contribution in [0.2, 0.25) is 0 Å². The molecule has 1 aromatic rings. The van der Waals surface area contributed by atoms with Gasteiger partial charge in [0, 0.05) is 37.2 Å². The number of carbonyl (C=O) groups is 2. The van der Waals surface area contributed by atoms with E-state index in [1.54, 1.807) is 4.90 Å². The zero-order valence-corrected chi connectivity index (χ0v) is 15.4. The van der Waals surface area contributed by atoms with Crippen LogP contribution in [0.4, 0.5) is 10.7 Å². The molecule has 0 bridgehead atoms. The monoisotopic (exact) mass is 374 g/mol. The molecule has 2 saturated heterocycles. The van der Waals surface area contributed by atoms with Crippen LogP contribution in [-0.2, 0) is 16.6 Å². The van der Waals surface area contributed by atoms with E-state index in [9.17, 15) is 14.4 Å². The Morgan fingerprint density at radius 1 is 1.15 bits per heavy atom. The number of primary amides is 1. The fourth-order valence-corrected chi connectivity index (χ4v) is 4.95. The maximum Gasteiger partial charge on any atom is 0.314 e. The molecule has 3 heterocycles. The maximum absolute atomic E-state index is 12.9. The summed E-state index contributed by atoms with van der Waals surface area (Å²) in [4.78, 5) is 47.0. The Morgan fingerprint density at radius 2 is 1.89 bits per heavy atom. The summed E-state index contributed by atoms with van der Waals surface area (Å²) in [5, 5.41) is 0. The first kappa shape index (κ1) is 17.8. The molecule has 2 fully saturated rings. The molecule has 146 valence electrons. The van der Waals surface area contributed by atoms with Gasteiger partial charge in [-0.1, -0.05) is 0 Å². The van der Waals surface area contributed by atoms with Gasteiger partial charge in [0.15, 0.2) is 0 Å². The van der Waals surface area contributed by atoms with Crippen molar-refractivity contribution in [1.29, 1.82) is 0 Å². The normalized spacial score (nSPS) is 24.1. The number of urea groups is 1. The van der Waals surface area contributed by atoms with Crippen LogP contribution in [-0.4, -0.2) is 57.9 Å². The number of carbonyl (C=O) groups excluding carboxylic acids is 2. The number of aromatic amines is 1. The van der Waals surface area contributed by atoms with Gasteiger partial charge >= 0.3 is 6.03 Å². The largest absolute Gasteiger partial charge is 0.369 e. The third-order valence-electron chi connectivity index (χ3n) is 6.50. The first-order valence-electron chi connectivity index (χ1n) is 9.62. The standard InChI is InChI=1S/C18H26N6O3/c19-16-21-13-12(14(25)22-16)3-4-18(13)5-8-23(9-6-18)15(26)11-2-1-7-24(10-11)17(20)27/h11H,1-10H2,(H2,20,27)(H3,19,21,22,25). The van der Waals surface area contributed by atoms with Crippen molar-refractivity contribution in [2.75, 3.05) is 31.9 Å². The van der Waals surface area contributed by atoms with Crippen LogP contribution in [0.3, 0.4) is 0 Å². The summed E-state index contributed by atoms with van der Waals surface area (Å²) in [6, 6.07) is -0.457. The summed E-state index contributed by atoms with van der Waals surface area (Å²) in [7, 11) is 0. The van der Waals surface area contributed by atoms with Gasteiger partial charge in [0.05, 0.1) is 11.6 Å². The van der Waals surface area contributed by atoms with Crippen LogP contribution in [0.15, 0.2) is 4.79 Å². The number of aromatic nitrogens is 2. The molecule has 1 aromatic heterocycles. The molecule has 1 unspecified atom stereocenters.